The van der Waals surface area contributed by atoms with Crippen LogP contribution in [0.3, 0.4) is 0 Å². The van der Waals surface area contributed by atoms with Gasteiger partial charge in [0.2, 0.25) is 0 Å². The van der Waals surface area contributed by atoms with Crippen LogP contribution in [0.4, 0.5) is 5.69 Å². The lowest BCUT2D eigenvalue weighted by Gasteiger charge is -2.21. The Labute approximate surface area is 248 Å². The summed E-state index contributed by atoms with van der Waals surface area (Å²) in [5.41, 5.74) is 2.31. The van der Waals surface area contributed by atoms with Crippen molar-refractivity contribution in [1.82, 2.24) is 9.66 Å². The second-order valence-corrected chi connectivity index (χ2v) is 12.0. The molecular formula is C29H28BrIN4O4. The van der Waals surface area contributed by atoms with Gasteiger partial charge in [-0.2, -0.15) is 9.78 Å². The van der Waals surface area contributed by atoms with Gasteiger partial charge in [0.05, 0.1) is 27.8 Å². The van der Waals surface area contributed by atoms with Crippen molar-refractivity contribution in [2.24, 2.45) is 5.10 Å². The molecular weight excluding hydrogens is 675 g/mol. The lowest BCUT2D eigenvalue weighted by Crippen LogP contribution is -2.29. The van der Waals surface area contributed by atoms with E-state index in [1.807, 2.05) is 70.2 Å². The summed E-state index contributed by atoms with van der Waals surface area (Å²) in [6.07, 6.45) is 1.58. The molecule has 0 fully saturated rings. The van der Waals surface area contributed by atoms with Gasteiger partial charge in [0, 0.05) is 15.6 Å². The number of hydrogen-bond donors (Lipinski definition) is 1. The van der Waals surface area contributed by atoms with Crippen molar-refractivity contribution in [3.63, 3.8) is 0 Å². The van der Waals surface area contributed by atoms with Gasteiger partial charge in [-0.25, -0.2) is 4.98 Å². The maximum Gasteiger partial charge on any atom is 0.282 e. The summed E-state index contributed by atoms with van der Waals surface area (Å²) in [5, 5.41) is 7.86. The molecule has 1 N–H and O–H groups in total. The number of aromatic nitrogens is 2. The average Bonchev–Trinajstić information content (AvgIpc) is 2.88. The Hall–Kier alpha value is -3.25. The average molecular weight is 703 g/mol. The Morgan fingerprint density at radius 3 is 2.62 bits per heavy atom. The van der Waals surface area contributed by atoms with Crippen molar-refractivity contribution in [1.29, 1.82) is 0 Å². The predicted octanol–water partition coefficient (Wildman–Crippen LogP) is 6.28. The van der Waals surface area contributed by atoms with Crippen LogP contribution in [0, 0.1) is 10.5 Å². The maximum atomic E-state index is 13.4. The van der Waals surface area contributed by atoms with Gasteiger partial charge >= 0.3 is 0 Å². The van der Waals surface area contributed by atoms with Gasteiger partial charge in [0.25, 0.3) is 11.5 Å². The molecule has 1 aromatic heterocycles. The van der Waals surface area contributed by atoms with Crippen molar-refractivity contribution in [3.8, 4) is 11.5 Å². The number of nitrogens with zero attached hydrogens (tertiary/aromatic N) is 3. The fraction of sp³-hybridized carbons (Fsp3) is 0.241. The van der Waals surface area contributed by atoms with Gasteiger partial charge < -0.3 is 14.8 Å². The summed E-state index contributed by atoms with van der Waals surface area (Å²) in [6, 6.07) is 16.5. The molecule has 39 heavy (non-hydrogen) atoms. The minimum atomic E-state index is -0.430. The van der Waals surface area contributed by atoms with Crippen LogP contribution in [0.5, 0.6) is 11.5 Å². The summed E-state index contributed by atoms with van der Waals surface area (Å²) in [5.74, 6) is 1.15. The fourth-order valence-corrected chi connectivity index (χ4v) is 5.00. The van der Waals surface area contributed by atoms with Crippen LogP contribution in [-0.2, 0) is 10.2 Å². The molecule has 0 spiro atoms. The van der Waals surface area contributed by atoms with E-state index in [2.05, 4.69) is 48.9 Å². The summed E-state index contributed by atoms with van der Waals surface area (Å²) in [6.45, 7) is 7.70. The first kappa shape index (κ1) is 28.8. The number of para-hydroxylation sites is 1. The molecule has 0 aliphatic rings. The number of carbonyl (C=O) groups is 1. The van der Waals surface area contributed by atoms with Crippen LogP contribution in [-0.4, -0.2) is 35.5 Å². The normalized spacial score (nSPS) is 11.7. The van der Waals surface area contributed by atoms with Crippen LogP contribution in [0.15, 0.2) is 69.0 Å². The number of carbonyl (C=O) groups excluding carboxylic acids is 1. The Morgan fingerprint density at radius 1 is 1.18 bits per heavy atom. The van der Waals surface area contributed by atoms with E-state index in [1.54, 1.807) is 18.3 Å². The molecule has 10 heteroatoms. The van der Waals surface area contributed by atoms with Crippen molar-refractivity contribution in [2.45, 2.75) is 33.1 Å². The quantitative estimate of drug-likeness (QED) is 0.181. The number of halogens is 2. The molecule has 4 aromatic rings. The highest BCUT2D eigenvalue weighted by atomic mass is 127. The number of anilines is 1. The van der Waals surface area contributed by atoms with Crippen molar-refractivity contribution in [3.05, 3.63) is 89.9 Å². The van der Waals surface area contributed by atoms with Gasteiger partial charge in [-0.05, 0) is 77.0 Å². The third-order valence-electron chi connectivity index (χ3n) is 5.82. The van der Waals surface area contributed by atoms with Gasteiger partial charge in [0.15, 0.2) is 18.1 Å². The summed E-state index contributed by atoms with van der Waals surface area (Å²) in [4.78, 5) is 30.7. The number of fused-ring (bicyclic) bond motifs is 1. The molecule has 4 rings (SSSR count). The number of ether oxygens (including phenoxy) is 2. The molecule has 202 valence electrons. The molecule has 0 aliphatic carbocycles. The lowest BCUT2D eigenvalue weighted by molar-refractivity contribution is -0.118. The van der Waals surface area contributed by atoms with E-state index in [1.165, 1.54) is 11.8 Å². The summed E-state index contributed by atoms with van der Waals surface area (Å²) >= 11 is 5.55. The Kier molecular flexibility index (Phi) is 8.75. The van der Waals surface area contributed by atoms with E-state index < -0.39 is 5.41 Å². The highest BCUT2D eigenvalue weighted by Gasteiger charge is 2.23. The molecule has 1 amide bonds. The third-order valence-corrected chi connectivity index (χ3v) is 7.11. The zero-order valence-electron chi connectivity index (χ0n) is 22.2. The smallest absolute Gasteiger partial charge is 0.282 e. The van der Waals surface area contributed by atoms with E-state index in [9.17, 15) is 9.59 Å². The number of hydrogen-bond acceptors (Lipinski definition) is 6. The van der Waals surface area contributed by atoms with Gasteiger partial charge in [0.1, 0.15) is 5.82 Å². The molecule has 0 saturated carbocycles. The standard InChI is InChI=1S/C29H28BrIN4O4/c1-17-8-6-7-9-22(17)33-25(36)16-39-26-21(31)12-18(13-24(26)38-5)15-32-35-27(37)20-14-19(30)10-11-23(20)34-28(35)29(2,3)4/h6-15H,16H2,1-5H3,(H,33,36). The summed E-state index contributed by atoms with van der Waals surface area (Å²) in [7, 11) is 1.53. The maximum absolute atomic E-state index is 13.4. The first-order chi connectivity index (χ1) is 18.5. The monoisotopic (exact) mass is 702 g/mol. The SMILES string of the molecule is COc1cc(C=Nn2c(C(C)(C)C)nc3ccc(Br)cc3c2=O)cc(I)c1OCC(=O)Nc1ccccc1C. The van der Waals surface area contributed by atoms with E-state index >= 15 is 0 Å². The number of amides is 1. The van der Waals surface area contributed by atoms with Crippen LogP contribution in [0.25, 0.3) is 10.9 Å². The predicted molar refractivity (Wildman–Crippen MR) is 166 cm³/mol. The molecule has 8 nitrogen and oxygen atoms in total. The van der Waals surface area contributed by atoms with Crippen molar-refractivity contribution >= 4 is 67.2 Å². The number of rotatable bonds is 7. The topological polar surface area (TPSA) is 94.8 Å². The zero-order chi connectivity index (χ0) is 28.3. The van der Waals surface area contributed by atoms with Crippen LogP contribution in [0.1, 0.15) is 37.7 Å². The molecule has 0 aliphatic heterocycles. The Bertz CT molecular complexity index is 1640. The minimum Gasteiger partial charge on any atom is -0.493 e. The zero-order valence-corrected chi connectivity index (χ0v) is 26.0. The van der Waals surface area contributed by atoms with E-state index in [4.69, 9.17) is 14.5 Å². The molecule has 0 unspecified atom stereocenters. The third kappa shape index (κ3) is 6.67. The number of nitrogens with one attached hydrogen (secondary N) is 1. The Morgan fingerprint density at radius 2 is 1.92 bits per heavy atom. The Balaban J connectivity index is 1.62. The van der Waals surface area contributed by atoms with Crippen molar-refractivity contribution in [2.75, 3.05) is 19.0 Å². The van der Waals surface area contributed by atoms with Crippen LogP contribution < -0.4 is 20.3 Å². The van der Waals surface area contributed by atoms with Gasteiger partial charge in [-0.3, -0.25) is 9.59 Å². The fourth-order valence-electron chi connectivity index (χ4n) is 3.86. The highest BCUT2D eigenvalue weighted by molar-refractivity contribution is 14.1. The van der Waals surface area contributed by atoms with Crippen molar-refractivity contribution < 1.29 is 14.3 Å². The van der Waals surface area contributed by atoms with Crippen LogP contribution >= 0.6 is 38.5 Å². The largest absolute Gasteiger partial charge is 0.493 e. The second-order valence-electron chi connectivity index (χ2n) is 9.89. The number of aryl methyl sites for hydroxylation is 1. The van der Waals surface area contributed by atoms with Crippen LogP contribution in [0.2, 0.25) is 0 Å². The molecule has 0 atom stereocenters. The second kappa shape index (κ2) is 11.9. The van der Waals surface area contributed by atoms with E-state index in [0.29, 0.717) is 33.8 Å². The first-order valence-corrected chi connectivity index (χ1v) is 14.0. The number of benzene rings is 3. The lowest BCUT2D eigenvalue weighted by atomic mass is 9.95. The first-order valence-electron chi connectivity index (χ1n) is 12.1. The molecule has 0 saturated heterocycles. The van der Waals surface area contributed by atoms with E-state index in [-0.39, 0.29) is 18.1 Å². The molecule has 0 radical (unpaired) electrons. The summed E-state index contributed by atoms with van der Waals surface area (Å²) < 4.78 is 14.2. The molecule has 0 bridgehead atoms. The highest BCUT2D eigenvalue weighted by Crippen LogP contribution is 2.34. The van der Waals surface area contributed by atoms with E-state index in [0.717, 1.165) is 19.3 Å². The van der Waals surface area contributed by atoms with Gasteiger partial charge in [-0.15, -0.1) is 0 Å². The molecule has 1 heterocycles. The van der Waals surface area contributed by atoms with Gasteiger partial charge in [-0.1, -0.05) is 54.9 Å². The molecule has 3 aromatic carbocycles. The minimum absolute atomic E-state index is 0.184. The number of methoxy groups -OCH3 is 1.